The van der Waals surface area contributed by atoms with Crippen molar-refractivity contribution in [3.63, 3.8) is 0 Å². The van der Waals surface area contributed by atoms with E-state index in [1.54, 1.807) is 5.49 Å². The first-order valence-corrected chi connectivity index (χ1v) is 5.75. The van der Waals surface area contributed by atoms with Crippen LogP contribution >= 0.6 is 12.2 Å². The Morgan fingerprint density at radius 2 is 2.00 bits per heavy atom. The van der Waals surface area contributed by atoms with E-state index in [1.165, 1.54) is 11.3 Å². The predicted octanol–water partition coefficient (Wildman–Crippen LogP) is 3.21. The molecule has 1 aromatic rings. The monoisotopic (exact) mass is 222 g/mol. The molecule has 0 atom stereocenters. The van der Waals surface area contributed by atoms with Gasteiger partial charge < -0.3 is 10.2 Å². The second-order valence-corrected chi connectivity index (χ2v) is 3.67. The normalized spacial score (nSPS) is 9.80. The van der Waals surface area contributed by atoms with Gasteiger partial charge in [-0.1, -0.05) is 12.2 Å². The molecule has 1 rings (SSSR count). The molecule has 0 aromatic heterocycles. The van der Waals surface area contributed by atoms with Crippen LogP contribution in [0.5, 0.6) is 0 Å². The molecule has 3 heteroatoms. The number of benzene rings is 1. The zero-order valence-electron chi connectivity index (χ0n) is 9.58. The number of anilines is 2. The Bertz CT molecular complexity index is 332. The van der Waals surface area contributed by atoms with E-state index < -0.39 is 0 Å². The smallest absolute Gasteiger partial charge is 0.0659 e. The Kier molecular flexibility index (Phi) is 4.56. The number of hydrogen-bond acceptors (Lipinski definition) is 2. The van der Waals surface area contributed by atoms with Crippen LogP contribution in [0.25, 0.3) is 0 Å². The predicted molar refractivity (Wildman–Crippen MR) is 72.0 cm³/mol. The Hall–Kier alpha value is -1.09. The van der Waals surface area contributed by atoms with Gasteiger partial charge in [0.05, 0.1) is 5.49 Å². The lowest BCUT2D eigenvalue weighted by Crippen LogP contribution is -2.21. The molecule has 1 aromatic carbocycles. The van der Waals surface area contributed by atoms with Gasteiger partial charge in [-0.2, -0.15) is 0 Å². The SMILES string of the molecule is CCN(CC)c1ccc(NC=S)c(C)c1. The van der Waals surface area contributed by atoms with E-state index in [4.69, 9.17) is 12.2 Å². The summed E-state index contributed by atoms with van der Waals surface area (Å²) >= 11 is 4.78. The number of rotatable bonds is 5. The molecule has 0 aliphatic carbocycles. The Labute approximate surface area is 97.3 Å². The fourth-order valence-electron chi connectivity index (χ4n) is 1.66. The van der Waals surface area contributed by atoms with Crippen LogP contribution in [0.3, 0.4) is 0 Å². The molecule has 0 spiro atoms. The van der Waals surface area contributed by atoms with Crippen LogP contribution in [0.4, 0.5) is 11.4 Å². The molecule has 0 amide bonds. The topological polar surface area (TPSA) is 15.3 Å². The second kappa shape index (κ2) is 5.71. The van der Waals surface area contributed by atoms with E-state index in [0.717, 1.165) is 18.8 Å². The highest BCUT2D eigenvalue weighted by Crippen LogP contribution is 2.22. The summed E-state index contributed by atoms with van der Waals surface area (Å²) in [6.07, 6.45) is 0. The minimum absolute atomic E-state index is 1.04. The summed E-state index contributed by atoms with van der Waals surface area (Å²) in [7, 11) is 0. The van der Waals surface area contributed by atoms with Gasteiger partial charge in [0.2, 0.25) is 0 Å². The fraction of sp³-hybridized carbons (Fsp3) is 0.417. The summed E-state index contributed by atoms with van der Waals surface area (Å²) in [5, 5.41) is 3.05. The summed E-state index contributed by atoms with van der Waals surface area (Å²) in [6, 6.07) is 6.39. The van der Waals surface area contributed by atoms with E-state index >= 15 is 0 Å². The quantitative estimate of drug-likeness (QED) is 0.770. The van der Waals surface area contributed by atoms with Crippen molar-refractivity contribution in [3.05, 3.63) is 23.8 Å². The highest BCUT2D eigenvalue weighted by molar-refractivity contribution is 7.79. The van der Waals surface area contributed by atoms with E-state index in [0.29, 0.717) is 0 Å². The van der Waals surface area contributed by atoms with E-state index in [-0.39, 0.29) is 0 Å². The van der Waals surface area contributed by atoms with Gasteiger partial charge in [-0.15, -0.1) is 0 Å². The molecule has 0 saturated carbocycles. The van der Waals surface area contributed by atoms with Crippen molar-refractivity contribution in [2.75, 3.05) is 23.3 Å². The summed E-state index contributed by atoms with van der Waals surface area (Å²) in [5.74, 6) is 0. The summed E-state index contributed by atoms with van der Waals surface area (Å²) in [6.45, 7) is 8.50. The van der Waals surface area contributed by atoms with E-state index in [2.05, 4.69) is 49.2 Å². The Morgan fingerprint density at radius 3 is 2.47 bits per heavy atom. The molecular weight excluding hydrogens is 204 g/mol. The zero-order valence-corrected chi connectivity index (χ0v) is 10.4. The van der Waals surface area contributed by atoms with Crippen LogP contribution in [-0.4, -0.2) is 18.6 Å². The maximum absolute atomic E-state index is 4.78. The van der Waals surface area contributed by atoms with Gasteiger partial charge in [0.15, 0.2) is 0 Å². The van der Waals surface area contributed by atoms with Gasteiger partial charge in [0, 0.05) is 24.5 Å². The molecule has 0 aliphatic rings. The standard InChI is InChI=1S/C12H18N2S/c1-4-14(5-2)11-6-7-12(13-9-15)10(3)8-11/h6-9H,4-5H2,1-3H3,(H,13,15). The van der Waals surface area contributed by atoms with Gasteiger partial charge in [0.1, 0.15) is 0 Å². The van der Waals surface area contributed by atoms with Crippen molar-refractivity contribution < 1.29 is 0 Å². The van der Waals surface area contributed by atoms with Gasteiger partial charge in [-0.3, -0.25) is 0 Å². The van der Waals surface area contributed by atoms with Crippen LogP contribution in [0.15, 0.2) is 18.2 Å². The van der Waals surface area contributed by atoms with Gasteiger partial charge >= 0.3 is 0 Å². The van der Waals surface area contributed by atoms with Crippen molar-refractivity contribution in [1.29, 1.82) is 0 Å². The van der Waals surface area contributed by atoms with Crippen molar-refractivity contribution in [3.8, 4) is 0 Å². The Balaban J connectivity index is 2.94. The molecule has 15 heavy (non-hydrogen) atoms. The lowest BCUT2D eigenvalue weighted by Gasteiger charge is -2.22. The minimum atomic E-state index is 1.04. The van der Waals surface area contributed by atoms with Crippen molar-refractivity contribution in [2.24, 2.45) is 0 Å². The van der Waals surface area contributed by atoms with Crippen molar-refractivity contribution in [2.45, 2.75) is 20.8 Å². The molecule has 0 aliphatic heterocycles. The van der Waals surface area contributed by atoms with Crippen molar-refractivity contribution in [1.82, 2.24) is 0 Å². The van der Waals surface area contributed by atoms with Gasteiger partial charge in [-0.05, 0) is 44.5 Å². The molecule has 1 N–H and O–H groups in total. The van der Waals surface area contributed by atoms with Crippen LogP contribution in [0.1, 0.15) is 19.4 Å². The maximum atomic E-state index is 4.78. The lowest BCUT2D eigenvalue weighted by molar-refractivity contribution is 0.866. The van der Waals surface area contributed by atoms with E-state index in [1.807, 2.05) is 0 Å². The van der Waals surface area contributed by atoms with Crippen LogP contribution < -0.4 is 10.2 Å². The lowest BCUT2D eigenvalue weighted by atomic mass is 10.1. The van der Waals surface area contributed by atoms with Crippen LogP contribution in [0, 0.1) is 6.92 Å². The fourth-order valence-corrected chi connectivity index (χ4v) is 1.79. The first kappa shape index (κ1) is 12.0. The molecule has 2 nitrogen and oxygen atoms in total. The molecule has 82 valence electrons. The largest absolute Gasteiger partial charge is 0.372 e. The number of thiocarbonyl (C=S) groups is 1. The summed E-state index contributed by atoms with van der Waals surface area (Å²) in [4.78, 5) is 2.33. The number of nitrogens with one attached hydrogen (secondary N) is 1. The molecule has 0 bridgehead atoms. The molecule has 0 saturated heterocycles. The van der Waals surface area contributed by atoms with Gasteiger partial charge in [-0.25, -0.2) is 0 Å². The highest BCUT2D eigenvalue weighted by Gasteiger charge is 2.03. The molecule has 0 unspecified atom stereocenters. The summed E-state index contributed by atoms with van der Waals surface area (Å²) < 4.78 is 0. The molecule has 0 fully saturated rings. The first-order chi connectivity index (χ1) is 7.22. The number of aryl methyl sites for hydroxylation is 1. The number of nitrogens with zero attached hydrogens (tertiary/aromatic N) is 1. The van der Waals surface area contributed by atoms with Gasteiger partial charge in [0.25, 0.3) is 0 Å². The molecule has 0 heterocycles. The average Bonchev–Trinajstić information content (AvgIpc) is 2.24. The maximum Gasteiger partial charge on any atom is 0.0659 e. The minimum Gasteiger partial charge on any atom is -0.372 e. The van der Waals surface area contributed by atoms with Crippen LogP contribution in [0.2, 0.25) is 0 Å². The molecular formula is C12H18N2S. The third-order valence-corrected chi connectivity index (χ3v) is 2.67. The zero-order chi connectivity index (χ0) is 11.3. The highest BCUT2D eigenvalue weighted by atomic mass is 32.1. The first-order valence-electron chi connectivity index (χ1n) is 5.28. The molecule has 0 radical (unpaired) electrons. The third kappa shape index (κ3) is 2.93. The second-order valence-electron chi connectivity index (χ2n) is 3.43. The summed E-state index contributed by atoms with van der Waals surface area (Å²) in [5.41, 5.74) is 5.12. The van der Waals surface area contributed by atoms with Crippen molar-refractivity contribution >= 4 is 29.1 Å². The Morgan fingerprint density at radius 1 is 1.33 bits per heavy atom. The van der Waals surface area contributed by atoms with E-state index in [9.17, 15) is 0 Å². The average molecular weight is 222 g/mol. The van der Waals surface area contributed by atoms with Crippen LogP contribution in [-0.2, 0) is 0 Å². The third-order valence-electron chi connectivity index (χ3n) is 2.55. The number of hydrogen-bond donors (Lipinski definition) is 1.